The van der Waals surface area contributed by atoms with Crippen molar-refractivity contribution in [2.75, 3.05) is 13.1 Å². The minimum absolute atomic E-state index is 0.0989. The van der Waals surface area contributed by atoms with E-state index in [4.69, 9.17) is 4.42 Å². The first kappa shape index (κ1) is 22.9. The highest BCUT2D eigenvalue weighted by molar-refractivity contribution is 5.80. The van der Waals surface area contributed by atoms with E-state index in [1.807, 2.05) is 24.0 Å². The fraction of sp³-hybridized carbons (Fsp3) is 0.500. The first-order valence-corrected chi connectivity index (χ1v) is 12.6. The van der Waals surface area contributed by atoms with Crippen LogP contribution >= 0.6 is 0 Å². The molecule has 2 aromatic rings. The van der Waals surface area contributed by atoms with Gasteiger partial charge < -0.3 is 14.2 Å². The predicted molar refractivity (Wildman–Crippen MR) is 130 cm³/mol. The molecule has 1 aliphatic carbocycles. The zero-order valence-corrected chi connectivity index (χ0v) is 20.4. The Labute approximate surface area is 201 Å². The highest BCUT2D eigenvalue weighted by Crippen LogP contribution is 2.39. The summed E-state index contributed by atoms with van der Waals surface area (Å²) < 4.78 is 19.7. The number of aromatic nitrogens is 1. The van der Waals surface area contributed by atoms with Crippen molar-refractivity contribution in [1.82, 2.24) is 14.8 Å². The molecule has 1 aromatic heterocycles. The molecule has 1 amide bonds. The van der Waals surface area contributed by atoms with E-state index in [-0.39, 0.29) is 17.6 Å². The predicted octanol–water partition coefficient (Wildman–Crippen LogP) is 5.77. The van der Waals surface area contributed by atoms with Crippen molar-refractivity contribution in [3.8, 4) is 0 Å². The van der Waals surface area contributed by atoms with Gasteiger partial charge in [0, 0.05) is 37.7 Å². The molecule has 0 bridgehead atoms. The summed E-state index contributed by atoms with van der Waals surface area (Å²) in [5.74, 6) is 2.08. The van der Waals surface area contributed by atoms with Crippen LogP contribution in [0.25, 0.3) is 5.57 Å². The third kappa shape index (κ3) is 4.55. The first-order chi connectivity index (χ1) is 16.4. The Balaban J connectivity index is 1.41. The summed E-state index contributed by atoms with van der Waals surface area (Å²) in [4.78, 5) is 22.0. The maximum atomic E-state index is 13.9. The second kappa shape index (κ2) is 9.40. The quantitative estimate of drug-likeness (QED) is 0.577. The van der Waals surface area contributed by atoms with Crippen LogP contribution in [0.4, 0.5) is 4.39 Å². The number of oxazole rings is 1. The molecule has 5 nitrogen and oxygen atoms in total. The molecule has 1 aromatic carbocycles. The van der Waals surface area contributed by atoms with Crippen LogP contribution in [-0.2, 0) is 17.8 Å². The molecule has 3 aliphatic rings. The Bertz CT molecular complexity index is 1140. The van der Waals surface area contributed by atoms with Crippen LogP contribution in [0.3, 0.4) is 0 Å². The summed E-state index contributed by atoms with van der Waals surface area (Å²) in [6.45, 7) is 7.30. The smallest absolute Gasteiger partial charge is 0.242 e. The van der Waals surface area contributed by atoms with Gasteiger partial charge in [0.1, 0.15) is 18.1 Å². The molecule has 0 N–H and O–H groups in total. The van der Waals surface area contributed by atoms with Crippen molar-refractivity contribution >= 4 is 11.5 Å². The van der Waals surface area contributed by atoms with Gasteiger partial charge in [0.15, 0.2) is 5.89 Å². The monoisotopic (exact) mass is 463 g/mol. The second-order valence-corrected chi connectivity index (χ2v) is 10.1. The number of hydrogen-bond donors (Lipinski definition) is 0. The minimum atomic E-state index is -0.189. The number of carbonyl (C=O) groups excluding carboxylic acids is 1. The van der Waals surface area contributed by atoms with E-state index >= 15 is 0 Å². The summed E-state index contributed by atoms with van der Waals surface area (Å²) in [5.41, 5.74) is 5.04. The lowest BCUT2D eigenvalue weighted by atomic mass is 9.82. The molecule has 1 atom stereocenters. The van der Waals surface area contributed by atoms with Crippen LogP contribution in [0.5, 0.6) is 0 Å². The molecule has 34 heavy (non-hydrogen) atoms. The van der Waals surface area contributed by atoms with Gasteiger partial charge in [-0.3, -0.25) is 4.79 Å². The molecule has 0 saturated heterocycles. The SMILES string of the molecule is Cc1nc2c(o1)CN(C(=O)CN1C=C(c3ccc(F)c(C)c3)C(C)C=C1C1CCCCC1)CC2. The molecule has 6 heteroatoms. The Morgan fingerprint density at radius 2 is 2.00 bits per heavy atom. The summed E-state index contributed by atoms with van der Waals surface area (Å²) in [6, 6.07) is 5.30. The Morgan fingerprint density at radius 1 is 1.21 bits per heavy atom. The van der Waals surface area contributed by atoms with Crippen LogP contribution in [0.1, 0.15) is 67.5 Å². The van der Waals surface area contributed by atoms with Gasteiger partial charge in [-0.25, -0.2) is 9.37 Å². The van der Waals surface area contributed by atoms with Gasteiger partial charge in [-0.05, 0) is 54.5 Å². The van der Waals surface area contributed by atoms with Crippen molar-refractivity contribution in [2.24, 2.45) is 11.8 Å². The molecule has 0 radical (unpaired) electrons. The number of fused-ring (bicyclic) bond motifs is 1. The number of nitrogens with zero attached hydrogens (tertiary/aromatic N) is 3. The molecule has 180 valence electrons. The zero-order chi connectivity index (χ0) is 23.8. The van der Waals surface area contributed by atoms with Crippen LogP contribution in [-0.4, -0.2) is 33.8 Å². The molecular weight excluding hydrogens is 429 g/mol. The highest BCUT2D eigenvalue weighted by Gasteiger charge is 2.31. The van der Waals surface area contributed by atoms with Crippen molar-refractivity contribution < 1.29 is 13.6 Å². The van der Waals surface area contributed by atoms with Crippen LogP contribution in [0, 0.1) is 31.5 Å². The number of benzene rings is 1. The Morgan fingerprint density at radius 3 is 2.76 bits per heavy atom. The van der Waals surface area contributed by atoms with E-state index in [9.17, 15) is 9.18 Å². The van der Waals surface area contributed by atoms with Gasteiger partial charge in [-0.1, -0.05) is 38.3 Å². The molecule has 3 heterocycles. The van der Waals surface area contributed by atoms with Crippen molar-refractivity contribution in [2.45, 2.75) is 65.8 Å². The average molecular weight is 464 g/mol. The maximum Gasteiger partial charge on any atom is 0.242 e. The van der Waals surface area contributed by atoms with Crippen molar-refractivity contribution in [3.63, 3.8) is 0 Å². The molecule has 1 fully saturated rings. The summed E-state index contributed by atoms with van der Waals surface area (Å²) in [7, 11) is 0. The molecule has 1 unspecified atom stereocenters. The van der Waals surface area contributed by atoms with E-state index in [2.05, 4.69) is 29.1 Å². The van der Waals surface area contributed by atoms with Gasteiger partial charge in [0.25, 0.3) is 0 Å². The number of carbonyl (C=O) groups is 1. The normalized spacial score (nSPS) is 21.2. The third-order valence-electron chi connectivity index (χ3n) is 7.55. The van der Waals surface area contributed by atoms with E-state index < -0.39 is 0 Å². The summed E-state index contributed by atoms with van der Waals surface area (Å²) >= 11 is 0. The van der Waals surface area contributed by atoms with E-state index in [1.54, 1.807) is 13.0 Å². The molecule has 2 aliphatic heterocycles. The van der Waals surface area contributed by atoms with Gasteiger partial charge >= 0.3 is 0 Å². The van der Waals surface area contributed by atoms with E-state index in [0.29, 0.717) is 37.0 Å². The van der Waals surface area contributed by atoms with Crippen LogP contribution in [0.2, 0.25) is 0 Å². The Kier molecular flexibility index (Phi) is 6.32. The zero-order valence-electron chi connectivity index (χ0n) is 20.4. The molecule has 1 saturated carbocycles. The first-order valence-electron chi connectivity index (χ1n) is 12.6. The number of rotatable bonds is 4. The van der Waals surface area contributed by atoms with E-state index in [0.717, 1.165) is 29.0 Å². The number of amides is 1. The summed E-state index contributed by atoms with van der Waals surface area (Å²) in [6.07, 6.45) is 11.3. The number of hydrogen-bond acceptors (Lipinski definition) is 4. The maximum absolute atomic E-state index is 13.9. The number of allylic oxidation sites excluding steroid dienone is 3. The topological polar surface area (TPSA) is 49.6 Å². The number of halogens is 1. The largest absolute Gasteiger partial charge is 0.444 e. The lowest BCUT2D eigenvalue weighted by Crippen LogP contribution is -2.42. The lowest BCUT2D eigenvalue weighted by Gasteiger charge is -2.38. The fourth-order valence-corrected chi connectivity index (χ4v) is 5.65. The molecule has 5 rings (SSSR count). The van der Waals surface area contributed by atoms with Gasteiger partial charge in [0.2, 0.25) is 5.91 Å². The molecule has 0 spiro atoms. The fourth-order valence-electron chi connectivity index (χ4n) is 5.65. The third-order valence-corrected chi connectivity index (χ3v) is 7.55. The van der Waals surface area contributed by atoms with Crippen molar-refractivity contribution in [1.29, 1.82) is 0 Å². The summed E-state index contributed by atoms with van der Waals surface area (Å²) in [5, 5.41) is 0. The van der Waals surface area contributed by atoms with E-state index in [1.165, 1.54) is 37.8 Å². The highest BCUT2D eigenvalue weighted by atomic mass is 19.1. The van der Waals surface area contributed by atoms with Crippen LogP contribution in [0.15, 0.2) is 40.6 Å². The second-order valence-electron chi connectivity index (χ2n) is 10.1. The minimum Gasteiger partial charge on any atom is -0.444 e. The average Bonchev–Trinajstić information content (AvgIpc) is 3.21. The van der Waals surface area contributed by atoms with Gasteiger partial charge in [-0.15, -0.1) is 0 Å². The molecular formula is C28H34FN3O2. The standard InChI is InChI=1S/C28H34FN3O2/c1-18-14-26(21-7-5-4-6-8-21)32(15-23(18)22-9-10-24(29)19(2)13-22)17-28(33)31-12-11-25-27(16-31)34-20(3)30-25/h9-10,13-15,18,21H,4-8,11-12,16-17H2,1-3H3. The number of aryl methyl sites for hydroxylation is 2. The van der Waals surface area contributed by atoms with Gasteiger partial charge in [-0.2, -0.15) is 0 Å². The van der Waals surface area contributed by atoms with Crippen molar-refractivity contribution in [3.05, 3.63) is 70.5 Å². The lowest BCUT2D eigenvalue weighted by molar-refractivity contribution is -0.132. The van der Waals surface area contributed by atoms with Crippen LogP contribution < -0.4 is 0 Å². The Hall–Kier alpha value is -2.89. The van der Waals surface area contributed by atoms with Gasteiger partial charge in [0.05, 0.1) is 12.2 Å².